The van der Waals surface area contributed by atoms with Crippen LogP contribution in [0.4, 0.5) is 0 Å². The molecule has 1 saturated carbocycles. The summed E-state index contributed by atoms with van der Waals surface area (Å²) in [5.74, 6) is 0. The highest BCUT2D eigenvalue weighted by Gasteiger charge is 2.48. The smallest absolute Gasteiger partial charge is 0.0136 e. The molecular formula is C13H19N. The Hall–Kier alpha value is -0.820. The second-order valence-electron chi connectivity index (χ2n) is 4.42. The minimum absolute atomic E-state index is 0.331. The van der Waals surface area contributed by atoms with E-state index in [0.29, 0.717) is 11.5 Å². The van der Waals surface area contributed by atoms with E-state index >= 15 is 0 Å². The van der Waals surface area contributed by atoms with Gasteiger partial charge in [0, 0.05) is 11.5 Å². The van der Waals surface area contributed by atoms with Crippen LogP contribution in [0, 0.1) is 0 Å². The molecule has 0 aromatic heterocycles. The van der Waals surface area contributed by atoms with Crippen LogP contribution in [0.25, 0.3) is 0 Å². The molecule has 76 valence electrons. The molecule has 1 nitrogen and oxygen atoms in total. The Balaban J connectivity index is 2.17. The number of benzene rings is 1. The first kappa shape index (κ1) is 9.72. The molecule has 1 aromatic rings. The zero-order valence-electron chi connectivity index (χ0n) is 8.87. The van der Waals surface area contributed by atoms with E-state index in [4.69, 9.17) is 5.73 Å². The normalized spacial score (nSPS) is 20.4. The minimum Gasteiger partial charge on any atom is -0.327 e. The SMILES string of the molecule is CCCC(N)C1(c2ccccc2)CC1. The van der Waals surface area contributed by atoms with Gasteiger partial charge in [-0.05, 0) is 24.8 Å². The number of rotatable bonds is 4. The fourth-order valence-electron chi connectivity index (χ4n) is 2.37. The molecule has 0 spiro atoms. The summed E-state index contributed by atoms with van der Waals surface area (Å²) in [7, 11) is 0. The van der Waals surface area contributed by atoms with Crippen LogP contribution in [0.2, 0.25) is 0 Å². The monoisotopic (exact) mass is 189 g/mol. The zero-order valence-corrected chi connectivity index (χ0v) is 8.87. The van der Waals surface area contributed by atoms with Crippen molar-refractivity contribution in [2.24, 2.45) is 5.73 Å². The maximum Gasteiger partial charge on any atom is 0.0136 e. The first-order valence-electron chi connectivity index (χ1n) is 5.61. The summed E-state index contributed by atoms with van der Waals surface area (Å²) in [5, 5.41) is 0. The number of hydrogen-bond donors (Lipinski definition) is 1. The van der Waals surface area contributed by atoms with Gasteiger partial charge in [0.25, 0.3) is 0 Å². The Morgan fingerprint density at radius 2 is 1.93 bits per heavy atom. The van der Waals surface area contributed by atoms with Gasteiger partial charge < -0.3 is 5.73 Å². The lowest BCUT2D eigenvalue weighted by Crippen LogP contribution is -2.34. The molecule has 1 heteroatoms. The lowest BCUT2D eigenvalue weighted by molar-refractivity contribution is 0.480. The highest BCUT2D eigenvalue weighted by atomic mass is 14.7. The van der Waals surface area contributed by atoms with Gasteiger partial charge in [0.1, 0.15) is 0 Å². The van der Waals surface area contributed by atoms with Gasteiger partial charge in [-0.2, -0.15) is 0 Å². The molecule has 0 heterocycles. The lowest BCUT2D eigenvalue weighted by atomic mass is 9.86. The molecule has 1 atom stereocenters. The Bertz CT molecular complexity index is 287. The van der Waals surface area contributed by atoms with Crippen molar-refractivity contribution in [2.75, 3.05) is 0 Å². The minimum atomic E-state index is 0.331. The summed E-state index contributed by atoms with van der Waals surface area (Å²) in [4.78, 5) is 0. The second kappa shape index (κ2) is 3.74. The summed E-state index contributed by atoms with van der Waals surface area (Å²) in [6.07, 6.45) is 4.89. The molecule has 1 aliphatic rings. The predicted octanol–water partition coefficient (Wildman–Crippen LogP) is 2.85. The van der Waals surface area contributed by atoms with Gasteiger partial charge in [-0.15, -0.1) is 0 Å². The fourth-order valence-corrected chi connectivity index (χ4v) is 2.37. The van der Waals surface area contributed by atoms with Gasteiger partial charge in [-0.3, -0.25) is 0 Å². The van der Waals surface area contributed by atoms with E-state index in [0.717, 1.165) is 6.42 Å². The molecule has 1 unspecified atom stereocenters. The third-order valence-electron chi connectivity index (χ3n) is 3.45. The quantitative estimate of drug-likeness (QED) is 0.774. The predicted molar refractivity (Wildman–Crippen MR) is 60.2 cm³/mol. The van der Waals surface area contributed by atoms with E-state index in [1.54, 1.807) is 0 Å². The molecular weight excluding hydrogens is 170 g/mol. The number of nitrogens with two attached hydrogens (primary N) is 1. The van der Waals surface area contributed by atoms with E-state index < -0.39 is 0 Å². The van der Waals surface area contributed by atoms with Gasteiger partial charge in [-0.1, -0.05) is 43.7 Å². The first-order valence-corrected chi connectivity index (χ1v) is 5.61. The van der Waals surface area contributed by atoms with Crippen molar-refractivity contribution in [1.29, 1.82) is 0 Å². The van der Waals surface area contributed by atoms with Crippen LogP contribution in [0.5, 0.6) is 0 Å². The van der Waals surface area contributed by atoms with Crippen molar-refractivity contribution in [2.45, 2.75) is 44.1 Å². The number of hydrogen-bond acceptors (Lipinski definition) is 1. The van der Waals surface area contributed by atoms with E-state index in [-0.39, 0.29) is 0 Å². The molecule has 0 bridgehead atoms. The molecule has 0 saturated heterocycles. The highest BCUT2D eigenvalue weighted by molar-refractivity contribution is 5.33. The molecule has 14 heavy (non-hydrogen) atoms. The fraction of sp³-hybridized carbons (Fsp3) is 0.538. The topological polar surface area (TPSA) is 26.0 Å². The van der Waals surface area contributed by atoms with Gasteiger partial charge in [0.05, 0.1) is 0 Å². The maximum absolute atomic E-state index is 6.26. The van der Waals surface area contributed by atoms with Crippen LogP contribution in [0.15, 0.2) is 30.3 Å². The largest absolute Gasteiger partial charge is 0.327 e. The van der Waals surface area contributed by atoms with Crippen molar-refractivity contribution >= 4 is 0 Å². The maximum atomic E-state index is 6.26. The van der Waals surface area contributed by atoms with Gasteiger partial charge >= 0.3 is 0 Å². The van der Waals surface area contributed by atoms with E-state index in [2.05, 4.69) is 37.3 Å². The summed E-state index contributed by atoms with van der Waals surface area (Å²) in [6, 6.07) is 11.1. The summed E-state index contributed by atoms with van der Waals surface area (Å²) in [6.45, 7) is 2.21. The van der Waals surface area contributed by atoms with Gasteiger partial charge in [-0.25, -0.2) is 0 Å². The second-order valence-corrected chi connectivity index (χ2v) is 4.42. The van der Waals surface area contributed by atoms with E-state index in [1.165, 1.54) is 24.8 Å². The summed E-state index contributed by atoms with van der Waals surface area (Å²) < 4.78 is 0. The zero-order chi connectivity index (χ0) is 10.0. The summed E-state index contributed by atoms with van der Waals surface area (Å²) >= 11 is 0. The third-order valence-corrected chi connectivity index (χ3v) is 3.45. The average Bonchev–Trinajstić information content (AvgIpc) is 3.00. The van der Waals surface area contributed by atoms with Gasteiger partial charge in [0.15, 0.2) is 0 Å². The molecule has 2 rings (SSSR count). The Morgan fingerprint density at radius 1 is 1.29 bits per heavy atom. The Labute approximate surface area is 86.3 Å². The standard InChI is InChI=1S/C13H19N/c1-2-6-12(14)13(9-10-13)11-7-4-3-5-8-11/h3-5,7-8,12H,2,6,9-10,14H2,1H3. The molecule has 0 aliphatic heterocycles. The van der Waals surface area contributed by atoms with Crippen LogP contribution < -0.4 is 5.73 Å². The van der Waals surface area contributed by atoms with Crippen LogP contribution >= 0.6 is 0 Å². The van der Waals surface area contributed by atoms with Crippen molar-refractivity contribution in [3.05, 3.63) is 35.9 Å². The first-order chi connectivity index (χ1) is 6.79. The molecule has 1 aliphatic carbocycles. The van der Waals surface area contributed by atoms with Crippen molar-refractivity contribution in [1.82, 2.24) is 0 Å². The lowest BCUT2D eigenvalue weighted by Gasteiger charge is -2.23. The van der Waals surface area contributed by atoms with E-state index in [1.807, 2.05) is 0 Å². The van der Waals surface area contributed by atoms with Crippen molar-refractivity contribution in [3.63, 3.8) is 0 Å². The van der Waals surface area contributed by atoms with Crippen molar-refractivity contribution in [3.8, 4) is 0 Å². The average molecular weight is 189 g/mol. The van der Waals surface area contributed by atoms with E-state index in [9.17, 15) is 0 Å². The Morgan fingerprint density at radius 3 is 2.43 bits per heavy atom. The summed E-state index contributed by atoms with van der Waals surface area (Å²) in [5.41, 5.74) is 8.03. The third kappa shape index (κ3) is 1.57. The van der Waals surface area contributed by atoms with Gasteiger partial charge in [0.2, 0.25) is 0 Å². The molecule has 0 amide bonds. The van der Waals surface area contributed by atoms with Crippen LogP contribution in [-0.2, 0) is 5.41 Å². The molecule has 1 fully saturated rings. The van der Waals surface area contributed by atoms with Crippen LogP contribution in [-0.4, -0.2) is 6.04 Å². The van der Waals surface area contributed by atoms with Crippen LogP contribution in [0.3, 0.4) is 0 Å². The Kier molecular flexibility index (Phi) is 2.60. The molecule has 1 aromatic carbocycles. The van der Waals surface area contributed by atoms with Crippen LogP contribution in [0.1, 0.15) is 38.2 Å². The molecule has 2 N–H and O–H groups in total. The highest BCUT2D eigenvalue weighted by Crippen LogP contribution is 2.51. The molecule has 0 radical (unpaired) electrons. The van der Waals surface area contributed by atoms with Crippen molar-refractivity contribution < 1.29 is 0 Å².